The number of halogens is 1. The number of furan rings is 1. The average molecular weight is 463 g/mol. The third-order valence-corrected chi connectivity index (χ3v) is 5.32. The number of para-hydroxylation sites is 1. The van der Waals surface area contributed by atoms with Crippen LogP contribution in [0.1, 0.15) is 18.6 Å². The number of hydrogen-bond acceptors (Lipinski definition) is 5. The van der Waals surface area contributed by atoms with E-state index >= 15 is 0 Å². The van der Waals surface area contributed by atoms with E-state index in [-0.39, 0.29) is 36.9 Å². The van der Waals surface area contributed by atoms with E-state index in [1.807, 2.05) is 23.1 Å². The van der Waals surface area contributed by atoms with Gasteiger partial charge in [0, 0.05) is 4.47 Å². The lowest BCUT2D eigenvalue weighted by molar-refractivity contribution is -0.128. The summed E-state index contributed by atoms with van der Waals surface area (Å²) in [5.74, 6) is -0.0625. The van der Waals surface area contributed by atoms with Gasteiger partial charge in [0.05, 0.1) is 37.6 Å². The summed E-state index contributed by atoms with van der Waals surface area (Å²) in [5.41, 5.74) is 0.639. The zero-order valence-corrected chi connectivity index (χ0v) is 17.4. The first-order valence-corrected chi connectivity index (χ1v) is 10.2. The number of carbonyl (C=O) groups is 3. The quantitative estimate of drug-likeness (QED) is 0.555. The van der Waals surface area contributed by atoms with Crippen LogP contribution in [0.5, 0.6) is 0 Å². The van der Waals surface area contributed by atoms with Gasteiger partial charge in [-0.05, 0) is 59.6 Å². The van der Waals surface area contributed by atoms with Crippen LogP contribution in [0.3, 0.4) is 0 Å². The molecule has 9 heteroatoms. The summed E-state index contributed by atoms with van der Waals surface area (Å²) in [6.07, 6.45) is 3.09. The Labute approximate surface area is 177 Å². The van der Waals surface area contributed by atoms with Crippen LogP contribution in [0.15, 0.2) is 51.6 Å². The Hall–Kier alpha value is -2.65. The van der Waals surface area contributed by atoms with Crippen LogP contribution in [0.4, 0.5) is 5.69 Å². The van der Waals surface area contributed by atoms with E-state index in [1.54, 1.807) is 24.5 Å². The summed E-state index contributed by atoms with van der Waals surface area (Å²) >= 11 is 3.36. The minimum absolute atomic E-state index is 0.0706. The van der Waals surface area contributed by atoms with Crippen LogP contribution >= 0.6 is 15.9 Å². The highest BCUT2D eigenvalue weighted by atomic mass is 79.9. The van der Waals surface area contributed by atoms with Gasteiger partial charge in [0.1, 0.15) is 5.76 Å². The molecule has 0 bridgehead atoms. The molecular formula is C20H23BrN4O4. The highest BCUT2D eigenvalue weighted by Gasteiger charge is 2.31. The van der Waals surface area contributed by atoms with E-state index in [0.29, 0.717) is 31.0 Å². The van der Waals surface area contributed by atoms with Crippen molar-refractivity contribution in [3.8, 4) is 0 Å². The Morgan fingerprint density at radius 2 is 1.93 bits per heavy atom. The molecular weight excluding hydrogens is 440 g/mol. The molecule has 1 saturated heterocycles. The summed E-state index contributed by atoms with van der Waals surface area (Å²) < 4.78 is 5.97. The van der Waals surface area contributed by atoms with Gasteiger partial charge >= 0.3 is 0 Å². The second kappa shape index (κ2) is 10.2. The maximum atomic E-state index is 12.4. The highest BCUT2D eigenvalue weighted by Crippen LogP contribution is 2.21. The number of nitrogens with one attached hydrogen (secondary N) is 3. The molecule has 1 aromatic carbocycles. The summed E-state index contributed by atoms with van der Waals surface area (Å²) in [4.78, 5) is 38.6. The molecule has 29 heavy (non-hydrogen) atoms. The fourth-order valence-electron chi connectivity index (χ4n) is 3.19. The van der Waals surface area contributed by atoms with Gasteiger partial charge in [-0.3, -0.25) is 19.3 Å². The monoisotopic (exact) mass is 462 g/mol. The topological polar surface area (TPSA) is 104 Å². The lowest BCUT2D eigenvalue weighted by Crippen LogP contribution is -2.47. The zero-order chi connectivity index (χ0) is 20.6. The average Bonchev–Trinajstić information content (AvgIpc) is 3.38. The predicted molar refractivity (Wildman–Crippen MR) is 111 cm³/mol. The third kappa shape index (κ3) is 6.16. The molecule has 2 aromatic rings. The SMILES string of the molecule is O=C(CN1CCCC1C(=O)NCc1ccco1)NCC(=O)Nc1ccccc1Br. The molecule has 1 unspecified atom stereocenters. The van der Waals surface area contributed by atoms with Crippen LogP contribution in [-0.2, 0) is 20.9 Å². The largest absolute Gasteiger partial charge is 0.467 e. The van der Waals surface area contributed by atoms with E-state index in [1.165, 1.54) is 0 Å². The maximum Gasteiger partial charge on any atom is 0.243 e. The highest BCUT2D eigenvalue weighted by molar-refractivity contribution is 9.10. The van der Waals surface area contributed by atoms with Gasteiger partial charge in [-0.2, -0.15) is 0 Å². The van der Waals surface area contributed by atoms with Crippen molar-refractivity contribution in [3.05, 3.63) is 52.9 Å². The standard InChI is InChI=1S/C20H23BrN4O4/c21-15-6-1-2-7-16(15)24-18(26)12-22-19(27)13-25-9-3-8-17(25)20(28)23-11-14-5-4-10-29-14/h1-2,4-7,10,17H,3,8-9,11-13H2,(H,22,27)(H,23,28)(H,24,26). The van der Waals surface area contributed by atoms with Crippen molar-refractivity contribution < 1.29 is 18.8 Å². The van der Waals surface area contributed by atoms with Crippen molar-refractivity contribution in [2.75, 3.05) is 25.0 Å². The number of hydrogen-bond donors (Lipinski definition) is 3. The number of anilines is 1. The lowest BCUT2D eigenvalue weighted by Gasteiger charge is -2.22. The first-order chi connectivity index (χ1) is 14.0. The Morgan fingerprint density at radius 1 is 1.10 bits per heavy atom. The van der Waals surface area contributed by atoms with Crippen LogP contribution < -0.4 is 16.0 Å². The van der Waals surface area contributed by atoms with Gasteiger partial charge in [-0.25, -0.2) is 0 Å². The van der Waals surface area contributed by atoms with Crippen LogP contribution in [0, 0.1) is 0 Å². The summed E-state index contributed by atoms with van der Waals surface area (Å²) in [6.45, 7) is 0.914. The van der Waals surface area contributed by atoms with E-state index < -0.39 is 0 Å². The van der Waals surface area contributed by atoms with Crippen LogP contribution in [-0.4, -0.2) is 48.3 Å². The molecule has 1 aliphatic rings. The molecule has 1 fully saturated rings. The van der Waals surface area contributed by atoms with E-state index in [9.17, 15) is 14.4 Å². The number of nitrogens with zero attached hydrogens (tertiary/aromatic N) is 1. The molecule has 1 aliphatic heterocycles. The second-order valence-corrected chi connectivity index (χ2v) is 7.58. The zero-order valence-electron chi connectivity index (χ0n) is 15.8. The molecule has 8 nitrogen and oxygen atoms in total. The molecule has 0 radical (unpaired) electrons. The van der Waals surface area contributed by atoms with Gasteiger partial charge in [0.15, 0.2) is 0 Å². The second-order valence-electron chi connectivity index (χ2n) is 6.73. The summed E-state index contributed by atoms with van der Waals surface area (Å²) in [5, 5.41) is 8.18. The molecule has 0 spiro atoms. The van der Waals surface area contributed by atoms with Crippen LogP contribution in [0.25, 0.3) is 0 Å². The normalized spacial score (nSPS) is 16.4. The Bertz CT molecular complexity index is 856. The number of rotatable bonds is 8. The number of carbonyl (C=O) groups excluding carboxylic acids is 3. The van der Waals surface area contributed by atoms with Gasteiger partial charge in [-0.1, -0.05) is 12.1 Å². The van der Waals surface area contributed by atoms with Gasteiger partial charge in [0.2, 0.25) is 17.7 Å². The number of likely N-dealkylation sites (tertiary alicyclic amines) is 1. The minimum Gasteiger partial charge on any atom is -0.467 e. The molecule has 1 aromatic heterocycles. The lowest BCUT2D eigenvalue weighted by atomic mass is 10.2. The molecule has 1 atom stereocenters. The molecule has 0 saturated carbocycles. The van der Waals surface area contributed by atoms with E-state index in [2.05, 4.69) is 31.9 Å². The molecule has 154 valence electrons. The van der Waals surface area contributed by atoms with Crippen LogP contribution in [0.2, 0.25) is 0 Å². The van der Waals surface area contributed by atoms with Gasteiger partial charge in [0.25, 0.3) is 0 Å². The van der Waals surface area contributed by atoms with Crippen molar-refractivity contribution >= 4 is 39.3 Å². The fraction of sp³-hybridized carbons (Fsp3) is 0.350. The number of benzene rings is 1. The van der Waals surface area contributed by atoms with Gasteiger partial charge in [-0.15, -0.1) is 0 Å². The third-order valence-electron chi connectivity index (χ3n) is 4.62. The molecule has 3 amide bonds. The number of amides is 3. The van der Waals surface area contributed by atoms with Crippen molar-refractivity contribution in [1.82, 2.24) is 15.5 Å². The van der Waals surface area contributed by atoms with E-state index in [4.69, 9.17) is 4.42 Å². The molecule has 2 heterocycles. The van der Waals surface area contributed by atoms with Crippen molar-refractivity contribution in [2.45, 2.75) is 25.4 Å². The fourth-order valence-corrected chi connectivity index (χ4v) is 3.58. The predicted octanol–water partition coefficient (Wildman–Crippen LogP) is 1.88. The van der Waals surface area contributed by atoms with Gasteiger partial charge < -0.3 is 20.4 Å². The smallest absolute Gasteiger partial charge is 0.243 e. The van der Waals surface area contributed by atoms with Crippen molar-refractivity contribution in [1.29, 1.82) is 0 Å². The molecule has 0 aliphatic carbocycles. The van der Waals surface area contributed by atoms with E-state index in [0.717, 1.165) is 10.9 Å². The molecule has 3 rings (SSSR count). The Morgan fingerprint density at radius 3 is 2.69 bits per heavy atom. The summed E-state index contributed by atoms with van der Waals surface area (Å²) in [6, 6.07) is 10.4. The molecule has 3 N–H and O–H groups in total. The minimum atomic E-state index is -0.357. The first-order valence-electron chi connectivity index (χ1n) is 9.38. The Balaban J connectivity index is 1.42. The van der Waals surface area contributed by atoms with Crippen molar-refractivity contribution in [3.63, 3.8) is 0 Å². The Kier molecular flexibility index (Phi) is 7.42. The first kappa shape index (κ1) is 21.1. The van der Waals surface area contributed by atoms with Crippen molar-refractivity contribution in [2.24, 2.45) is 0 Å². The summed E-state index contributed by atoms with van der Waals surface area (Å²) in [7, 11) is 0. The maximum absolute atomic E-state index is 12.4.